The lowest BCUT2D eigenvalue weighted by molar-refractivity contribution is -0.421. The molecule has 2 aromatic rings. The van der Waals surface area contributed by atoms with Gasteiger partial charge in [-0.1, -0.05) is 35.1 Å². The second-order valence-corrected chi connectivity index (χ2v) is 6.19. The van der Waals surface area contributed by atoms with Crippen LogP contribution in [0.4, 0.5) is 16.4 Å². The van der Waals surface area contributed by atoms with E-state index in [1.54, 1.807) is 0 Å². The van der Waals surface area contributed by atoms with Crippen LogP contribution in [0.15, 0.2) is 29.4 Å². The minimum atomic E-state index is -1.07. The highest BCUT2D eigenvalue weighted by atomic mass is 35.5. The molecule has 0 aliphatic carbocycles. The van der Waals surface area contributed by atoms with E-state index in [0.717, 1.165) is 5.01 Å². The van der Waals surface area contributed by atoms with Gasteiger partial charge in [-0.2, -0.15) is 5.10 Å². The van der Waals surface area contributed by atoms with Crippen molar-refractivity contribution >= 4 is 51.5 Å². The molecule has 1 heterocycles. The van der Waals surface area contributed by atoms with Gasteiger partial charge in [-0.25, -0.2) is 4.79 Å². The molecule has 10 nitrogen and oxygen atoms in total. The highest BCUT2D eigenvalue weighted by molar-refractivity contribution is 7.21. The van der Waals surface area contributed by atoms with Crippen LogP contribution < -0.4 is 5.01 Å². The number of carbonyl (C=O) groups is 1. The van der Waals surface area contributed by atoms with E-state index in [2.05, 4.69) is 5.10 Å². The third-order valence-electron chi connectivity index (χ3n) is 3.00. The first kappa shape index (κ1) is 18.3. The van der Waals surface area contributed by atoms with E-state index >= 15 is 0 Å². The fraction of sp³-hybridized carbons (Fsp3) is 0.0769. The zero-order valence-corrected chi connectivity index (χ0v) is 14.0. The zero-order chi connectivity index (χ0) is 18.7. The summed E-state index contributed by atoms with van der Waals surface area (Å²) in [6.07, 6.45) is 1.33. The number of halogens is 1. The molecular formula is C13H9ClN4O6S. The molecule has 1 N–H and O–H groups in total. The Hall–Kier alpha value is -3.05. The Morgan fingerprint density at radius 2 is 1.80 bits per heavy atom. The number of hydrogen-bond donors (Lipinski definition) is 1. The molecule has 1 aromatic heterocycles. The van der Waals surface area contributed by atoms with Crippen LogP contribution in [0.3, 0.4) is 0 Å². The monoisotopic (exact) mass is 384 g/mol. The van der Waals surface area contributed by atoms with Crippen molar-refractivity contribution < 1.29 is 19.7 Å². The lowest BCUT2D eigenvalue weighted by atomic mass is 10.1. The van der Waals surface area contributed by atoms with Crippen molar-refractivity contribution in [2.24, 2.45) is 5.10 Å². The van der Waals surface area contributed by atoms with Crippen LogP contribution in [0.25, 0.3) is 0 Å². The molecule has 0 atom stereocenters. The van der Waals surface area contributed by atoms with Gasteiger partial charge in [0.15, 0.2) is 9.34 Å². The number of carboxylic acid groups (broad SMARTS) is 1. The number of rotatable bonds is 6. The van der Waals surface area contributed by atoms with Crippen molar-refractivity contribution in [2.45, 2.75) is 0 Å². The molecule has 0 saturated heterocycles. The number of aromatic carboxylic acids is 1. The van der Waals surface area contributed by atoms with Crippen LogP contribution in [-0.4, -0.2) is 34.2 Å². The van der Waals surface area contributed by atoms with Gasteiger partial charge >= 0.3 is 17.3 Å². The summed E-state index contributed by atoms with van der Waals surface area (Å²) in [6.45, 7) is 0. The standard InChI is InChI=1S/C13H9ClN4O6S/c1-16(15-6-7-2-4-8(5-3-7)13(19)20)12-10(18(23)24)9(17(21)22)11(14)25-12/h2-6H,1H3,(H,19,20)/b15-6+. The Balaban J connectivity index is 2.33. The van der Waals surface area contributed by atoms with Crippen molar-refractivity contribution in [2.75, 3.05) is 12.1 Å². The minimum Gasteiger partial charge on any atom is -0.478 e. The lowest BCUT2D eigenvalue weighted by Crippen LogP contribution is -2.09. The molecule has 25 heavy (non-hydrogen) atoms. The number of nitrogens with zero attached hydrogens (tertiary/aromatic N) is 4. The number of benzene rings is 1. The van der Waals surface area contributed by atoms with Crippen molar-refractivity contribution in [3.8, 4) is 0 Å². The van der Waals surface area contributed by atoms with E-state index in [1.807, 2.05) is 0 Å². The van der Waals surface area contributed by atoms with E-state index in [0.29, 0.717) is 16.9 Å². The minimum absolute atomic E-state index is 0.0971. The topological polar surface area (TPSA) is 139 Å². The van der Waals surface area contributed by atoms with E-state index in [-0.39, 0.29) is 14.9 Å². The molecule has 0 amide bonds. The first-order chi connectivity index (χ1) is 11.7. The second-order valence-electron chi connectivity index (χ2n) is 4.59. The molecule has 2 rings (SSSR count). The van der Waals surface area contributed by atoms with Crippen LogP contribution in [0.1, 0.15) is 15.9 Å². The maximum Gasteiger partial charge on any atom is 0.383 e. The maximum atomic E-state index is 11.2. The number of hydrogen-bond acceptors (Lipinski definition) is 8. The fourth-order valence-electron chi connectivity index (χ4n) is 1.84. The van der Waals surface area contributed by atoms with E-state index in [9.17, 15) is 25.0 Å². The SMILES string of the molecule is CN(/N=C/c1ccc(C(=O)O)cc1)c1sc(Cl)c([N+](=O)[O-])c1[N+](=O)[O-]. The predicted octanol–water partition coefficient (Wildman–Crippen LogP) is 3.39. The van der Waals surface area contributed by atoms with Crippen LogP contribution in [-0.2, 0) is 0 Å². The van der Waals surface area contributed by atoms with Gasteiger partial charge in [0.25, 0.3) is 0 Å². The summed E-state index contributed by atoms with van der Waals surface area (Å²) in [6, 6.07) is 5.75. The number of nitro groups is 2. The van der Waals surface area contributed by atoms with Gasteiger partial charge in [0.2, 0.25) is 0 Å². The molecule has 1 aromatic carbocycles. The molecule has 130 valence electrons. The van der Waals surface area contributed by atoms with Crippen LogP contribution in [0.5, 0.6) is 0 Å². The Morgan fingerprint density at radius 3 is 2.28 bits per heavy atom. The lowest BCUT2D eigenvalue weighted by Gasteiger charge is -2.08. The largest absolute Gasteiger partial charge is 0.478 e. The third-order valence-corrected chi connectivity index (χ3v) is 4.43. The quantitative estimate of drug-likeness (QED) is 0.457. The molecule has 0 bridgehead atoms. The molecule has 0 aliphatic heterocycles. The Labute approximate surface area is 148 Å². The number of thiophene rings is 1. The highest BCUT2D eigenvalue weighted by Crippen LogP contribution is 2.49. The van der Waals surface area contributed by atoms with Gasteiger partial charge in [0, 0.05) is 7.05 Å². The van der Waals surface area contributed by atoms with E-state index < -0.39 is 27.2 Å². The van der Waals surface area contributed by atoms with Gasteiger partial charge in [-0.05, 0) is 17.7 Å². The van der Waals surface area contributed by atoms with Gasteiger partial charge in [0.05, 0.1) is 21.6 Å². The zero-order valence-electron chi connectivity index (χ0n) is 12.5. The number of anilines is 1. The molecule has 0 radical (unpaired) electrons. The van der Waals surface area contributed by atoms with Gasteiger partial charge in [0.1, 0.15) is 0 Å². The van der Waals surface area contributed by atoms with Gasteiger partial charge in [-0.3, -0.25) is 25.2 Å². The highest BCUT2D eigenvalue weighted by Gasteiger charge is 2.37. The number of hydrazone groups is 1. The van der Waals surface area contributed by atoms with Crippen molar-refractivity contribution in [3.05, 3.63) is 60.0 Å². The summed E-state index contributed by atoms with van der Waals surface area (Å²) >= 11 is 6.40. The fourth-order valence-corrected chi connectivity index (χ4v) is 3.10. The smallest absolute Gasteiger partial charge is 0.383 e. The van der Waals surface area contributed by atoms with Crippen molar-refractivity contribution in [1.82, 2.24) is 0 Å². The van der Waals surface area contributed by atoms with Crippen molar-refractivity contribution in [1.29, 1.82) is 0 Å². The normalized spacial score (nSPS) is 10.8. The van der Waals surface area contributed by atoms with Crippen LogP contribution >= 0.6 is 22.9 Å². The Morgan fingerprint density at radius 1 is 1.24 bits per heavy atom. The molecule has 0 aliphatic rings. The third kappa shape index (κ3) is 3.89. The summed E-state index contributed by atoms with van der Waals surface area (Å²) in [4.78, 5) is 31.1. The van der Waals surface area contributed by atoms with E-state index in [1.165, 1.54) is 37.5 Å². The van der Waals surface area contributed by atoms with Gasteiger partial charge < -0.3 is 5.11 Å². The molecule has 0 saturated carbocycles. The van der Waals surface area contributed by atoms with Crippen LogP contribution in [0.2, 0.25) is 4.34 Å². The summed E-state index contributed by atoms with van der Waals surface area (Å²) in [5, 5.41) is 35.9. The summed E-state index contributed by atoms with van der Waals surface area (Å²) < 4.78 is -0.320. The first-order valence-corrected chi connectivity index (χ1v) is 7.64. The van der Waals surface area contributed by atoms with E-state index in [4.69, 9.17) is 16.7 Å². The Kier molecular flexibility index (Phi) is 5.29. The summed E-state index contributed by atoms with van der Waals surface area (Å²) in [5.74, 6) is -1.07. The average Bonchev–Trinajstić information content (AvgIpc) is 2.90. The first-order valence-electron chi connectivity index (χ1n) is 6.44. The molecular weight excluding hydrogens is 376 g/mol. The molecule has 0 fully saturated rings. The Bertz CT molecular complexity index is 879. The predicted molar refractivity (Wildman–Crippen MR) is 92.0 cm³/mol. The van der Waals surface area contributed by atoms with Crippen molar-refractivity contribution in [3.63, 3.8) is 0 Å². The molecule has 0 spiro atoms. The summed E-state index contributed by atoms with van der Waals surface area (Å²) in [5.41, 5.74) is -0.876. The summed E-state index contributed by atoms with van der Waals surface area (Å²) in [7, 11) is 1.38. The maximum absolute atomic E-state index is 11.2. The van der Waals surface area contributed by atoms with Crippen LogP contribution in [0, 0.1) is 20.2 Å². The second kappa shape index (κ2) is 7.23. The van der Waals surface area contributed by atoms with Gasteiger partial charge in [-0.15, -0.1) is 0 Å². The number of carboxylic acids is 1. The molecule has 0 unspecified atom stereocenters. The molecule has 12 heteroatoms. The average molecular weight is 385 g/mol.